The fraction of sp³-hybridized carbons (Fsp3) is 1.00. The van der Waals surface area contributed by atoms with E-state index in [0.29, 0.717) is 25.9 Å². The Labute approximate surface area is 117 Å². The molecule has 0 atom stereocenters. The first-order valence-corrected chi connectivity index (χ1v) is 8.73. The minimum Gasteiger partial charge on any atom is -0.377 e. The van der Waals surface area contributed by atoms with Crippen molar-refractivity contribution in [2.24, 2.45) is 0 Å². The van der Waals surface area contributed by atoms with Crippen LogP contribution in [0.4, 0.5) is 0 Å². The van der Waals surface area contributed by atoms with E-state index in [1.54, 1.807) is 14.2 Å². The van der Waals surface area contributed by atoms with Gasteiger partial charge in [-0.25, -0.2) is 0 Å². The predicted octanol–water partition coefficient (Wildman–Crippen LogP) is 2.37. The zero-order chi connectivity index (χ0) is 14.8. The molecule has 0 aliphatic heterocycles. The van der Waals surface area contributed by atoms with Crippen LogP contribution in [0.3, 0.4) is 0 Å². The molecule has 0 saturated carbocycles. The molecule has 0 aromatic rings. The smallest absolute Gasteiger partial charge is 0.377 e. The molecule has 0 heterocycles. The average Bonchev–Trinajstić information content (AvgIpc) is 2.39. The molecule has 0 fully saturated rings. The van der Waals surface area contributed by atoms with Crippen LogP contribution in [0.5, 0.6) is 0 Å². The Morgan fingerprint density at radius 1 is 0.789 bits per heavy atom. The molecule has 0 aliphatic carbocycles. The Hall–Kier alpha value is -0.0231. The summed E-state index contributed by atoms with van der Waals surface area (Å²) in [7, 11) is 0.273. The lowest BCUT2D eigenvalue weighted by Crippen LogP contribution is -2.55. The predicted molar refractivity (Wildman–Crippen MR) is 73.6 cm³/mol. The van der Waals surface area contributed by atoms with Crippen molar-refractivity contribution in [3.63, 3.8) is 0 Å². The van der Waals surface area contributed by atoms with E-state index in [0.717, 1.165) is 6.42 Å². The van der Waals surface area contributed by atoms with Gasteiger partial charge in [-0.05, 0) is 20.8 Å². The standard InChI is InChI=1S/C12H28O6Si/c1-7-11-19(13-5,14-6)18-12(15-8-2,16-9-3)17-10-4/h7-11H2,1-6H3. The maximum Gasteiger partial charge on any atom is 0.506 e. The van der Waals surface area contributed by atoms with Gasteiger partial charge in [0.15, 0.2) is 0 Å². The highest BCUT2D eigenvalue weighted by Gasteiger charge is 2.50. The molecule has 0 spiro atoms. The lowest BCUT2D eigenvalue weighted by Gasteiger charge is -2.37. The van der Waals surface area contributed by atoms with Gasteiger partial charge in [0.1, 0.15) is 0 Å². The maximum atomic E-state index is 5.91. The molecule has 0 N–H and O–H groups in total. The van der Waals surface area contributed by atoms with Crippen LogP contribution in [0.15, 0.2) is 0 Å². The molecule has 0 aromatic carbocycles. The Morgan fingerprint density at radius 2 is 1.21 bits per heavy atom. The van der Waals surface area contributed by atoms with Crippen LogP contribution >= 0.6 is 0 Å². The summed E-state index contributed by atoms with van der Waals surface area (Å²) in [6.07, 6.45) is -0.681. The number of ether oxygens (including phenoxy) is 3. The molecule has 116 valence electrons. The van der Waals surface area contributed by atoms with Gasteiger partial charge in [-0.2, -0.15) is 0 Å². The molecule has 6 nitrogen and oxygen atoms in total. The average molecular weight is 296 g/mol. The molecule has 0 rings (SSSR count). The van der Waals surface area contributed by atoms with Crippen LogP contribution in [-0.4, -0.2) is 49.0 Å². The van der Waals surface area contributed by atoms with Crippen LogP contribution in [0.1, 0.15) is 34.1 Å². The molecule has 0 amide bonds. The number of rotatable bonds is 12. The Kier molecular flexibility index (Phi) is 9.80. The van der Waals surface area contributed by atoms with Gasteiger partial charge >= 0.3 is 15.0 Å². The zero-order valence-corrected chi connectivity index (χ0v) is 14.0. The van der Waals surface area contributed by atoms with Gasteiger partial charge in [-0.15, -0.1) is 0 Å². The second-order valence-electron chi connectivity index (χ2n) is 3.74. The zero-order valence-electron chi connectivity index (χ0n) is 13.0. The quantitative estimate of drug-likeness (QED) is 0.407. The van der Waals surface area contributed by atoms with E-state index in [9.17, 15) is 0 Å². The summed E-state index contributed by atoms with van der Waals surface area (Å²) < 4.78 is 33.4. The molecular weight excluding hydrogens is 268 g/mol. The SMILES string of the molecule is CCC[Si](OC)(OC)OC(OCC)(OCC)OCC. The summed E-state index contributed by atoms with van der Waals surface area (Å²) >= 11 is 0. The van der Waals surface area contributed by atoms with Gasteiger partial charge < -0.3 is 23.1 Å². The Bertz CT molecular complexity index is 205. The van der Waals surface area contributed by atoms with E-state index in [1.807, 2.05) is 27.7 Å². The normalized spacial score (nSPS) is 12.9. The molecule has 0 unspecified atom stereocenters. The third kappa shape index (κ3) is 5.86. The lowest BCUT2D eigenvalue weighted by molar-refractivity contribution is -0.478. The highest BCUT2D eigenvalue weighted by molar-refractivity contribution is 6.60. The van der Waals surface area contributed by atoms with E-state index in [-0.39, 0.29) is 0 Å². The fourth-order valence-electron chi connectivity index (χ4n) is 1.66. The summed E-state index contributed by atoms with van der Waals surface area (Å²) in [5.74, 6) is 0. The van der Waals surface area contributed by atoms with Crippen molar-refractivity contribution in [1.82, 2.24) is 0 Å². The van der Waals surface area contributed by atoms with Gasteiger partial charge in [-0.3, -0.25) is 4.43 Å². The minimum atomic E-state index is -2.87. The van der Waals surface area contributed by atoms with E-state index >= 15 is 0 Å². The summed E-state index contributed by atoms with van der Waals surface area (Å²) in [4.78, 5) is 0. The monoisotopic (exact) mass is 296 g/mol. The maximum absolute atomic E-state index is 5.91. The first kappa shape index (κ1) is 19.0. The number of hydrogen-bond acceptors (Lipinski definition) is 6. The van der Waals surface area contributed by atoms with E-state index in [1.165, 1.54) is 0 Å². The van der Waals surface area contributed by atoms with E-state index in [4.69, 9.17) is 27.5 Å². The first-order chi connectivity index (χ1) is 9.07. The van der Waals surface area contributed by atoms with Gasteiger partial charge in [0.25, 0.3) is 0 Å². The third-order valence-corrected chi connectivity index (χ3v) is 5.34. The molecule has 0 aliphatic rings. The first-order valence-electron chi connectivity index (χ1n) is 6.79. The highest BCUT2D eigenvalue weighted by atomic mass is 28.4. The van der Waals surface area contributed by atoms with Crippen LogP contribution in [0.2, 0.25) is 6.04 Å². The van der Waals surface area contributed by atoms with Gasteiger partial charge in [0.05, 0.1) is 19.8 Å². The Balaban J connectivity index is 5.10. The third-order valence-electron chi connectivity index (χ3n) is 2.42. The van der Waals surface area contributed by atoms with Crippen molar-refractivity contribution in [2.45, 2.75) is 46.3 Å². The second-order valence-corrected chi connectivity index (χ2v) is 6.63. The van der Waals surface area contributed by atoms with Crippen molar-refractivity contribution in [1.29, 1.82) is 0 Å². The van der Waals surface area contributed by atoms with Crippen molar-refractivity contribution in [3.8, 4) is 0 Å². The van der Waals surface area contributed by atoms with Crippen molar-refractivity contribution < 1.29 is 27.5 Å². The van der Waals surface area contributed by atoms with Crippen molar-refractivity contribution in [2.75, 3.05) is 34.0 Å². The summed E-state index contributed by atoms with van der Waals surface area (Å²) in [6.45, 7) is 8.75. The Morgan fingerprint density at radius 3 is 1.47 bits per heavy atom. The molecule has 19 heavy (non-hydrogen) atoms. The van der Waals surface area contributed by atoms with Crippen LogP contribution in [-0.2, 0) is 27.5 Å². The molecule has 0 bridgehead atoms. The van der Waals surface area contributed by atoms with Crippen molar-refractivity contribution in [3.05, 3.63) is 0 Å². The summed E-state index contributed by atoms with van der Waals surface area (Å²) in [5.41, 5.74) is 0. The minimum absolute atomic E-state index is 0.393. The largest absolute Gasteiger partial charge is 0.506 e. The second kappa shape index (κ2) is 9.81. The fourth-order valence-corrected chi connectivity index (χ4v) is 3.68. The molecular formula is C12H28O6Si. The summed E-state index contributed by atoms with van der Waals surface area (Å²) in [6, 6.07) is 0.662. The molecule has 7 heteroatoms. The molecule has 0 radical (unpaired) electrons. The van der Waals surface area contributed by atoms with E-state index < -0.39 is 15.0 Å². The molecule has 0 saturated heterocycles. The van der Waals surface area contributed by atoms with Gasteiger partial charge in [0, 0.05) is 20.3 Å². The van der Waals surface area contributed by atoms with Crippen LogP contribution < -0.4 is 0 Å². The number of hydrogen-bond donors (Lipinski definition) is 0. The summed E-state index contributed by atoms with van der Waals surface area (Å²) in [5, 5.41) is 0. The van der Waals surface area contributed by atoms with Crippen LogP contribution in [0.25, 0.3) is 0 Å². The van der Waals surface area contributed by atoms with Gasteiger partial charge in [-0.1, -0.05) is 13.3 Å². The highest BCUT2D eigenvalue weighted by Crippen LogP contribution is 2.27. The van der Waals surface area contributed by atoms with E-state index in [2.05, 4.69) is 0 Å². The van der Waals surface area contributed by atoms with Crippen LogP contribution in [0, 0.1) is 0 Å². The van der Waals surface area contributed by atoms with Crippen molar-refractivity contribution >= 4 is 8.80 Å². The van der Waals surface area contributed by atoms with Gasteiger partial charge in [0.2, 0.25) is 0 Å². The topological polar surface area (TPSA) is 55.4 Å². The molecule has 0 aromatic heterocycles. The lowest BCUT2D eigenvalue weighted by atomic mass is 10.6.